The largest absolute Gasteiger partial charge is 0.305 e. The molecule has 2 aromatic heterocycles. The molecule has 0 fully saturated rings. The lowest BCUT2D eigenvalue weighted by atomic mass is 10.0. The van der Waals surface area contributed by atoms with Crippen LogP contribution in [0.4, 0.5) is 0 Å². The number of aromatic nitrogens is 2. The van der Waals surface area contributed by atoms with Crippen molar-refractivity contribution in [1.82, 2.24) is 15.3 Å². The second-order valence-corrected chi connectivity index (χ2v) is 6.68. The minimum absolute atomic E-state index is 0.0307. The van der Waals surface area contributed by atoms with Crippen molar-refractivity contribution >= 4 is 22.9 Å². The zero-order valence-electron chi connectivity index (χ0n) is 12.9. The van der Waals surface area contributed by atoms with E-state index < -0.39 is 0 Å². The molecule has 0 bridgehead atoms. The summed E-state index contributed by atoms with van der Waals surface area (Å²) in [6, 6.07) is 13.9. The van der Waals surface area contributed by atoms with Crippen molar-refractivity contribution in [2.45, 2.75) is 19.4 Å². The SMILES string of the molecule is Cc1ncsc1CCNC(c1cccc(Cl)c1)c1ccccn1. The Morgan fingerprint density at radius 3 is 2.78 bits per heavy atom. The fourth-order valence-electron chi connectivity index (χ4n) is 2.52. The van der Waals surface area contributed by atoms with Gasteiger partial charge in [0.05, 0.1) is 22.9 Å². The van der Waals surface area contributed by atoms with Crippen LogP contribution in [-0.4, -0.2) is 16.5 Å². The molecule has 1 N–H and O–H groups in total. The Labute approximate surface area is 145 Å². The Bertz CT molecular complexity index is 758. The van der Waals surface area contributed by atoms with Gasteiger partial charge in [-0.2, -0.15) is 0 Å². The number of nitrogens with zero attached hydrogens (tertiary/aromatic N) is 2. The summed E-state index contributed by atoms with van der Waals surface area (Å²) < 4.78 is 0. The first kappa shape index (κ1) is 16.1. The highest BCUT2D eigenvalue weighted by atomic mass is 35.5. The van der Waals surface area contributed by atoms with Gasteiger partial charge in [0.1, 0.15) is 0 Å². The quantitative estimate of drug-likeness (QED) is 0.719. The average Bonchev–Trinajstić information content (AvgIpc) is 2.97. The molecular weight excluding hydrogens is 326 g/mol. The molecule has 3 nitrogen and oxygen atoms in total. The van der Waals surface area contributed by atoms with Gasteiger partial charge in [-0.3, -0.25) is 4.98 Å². The zero-order valence-corrected chi connectivity index (χ0v) is 14.4. The minimum atomic E-state index is 0.0307. The third kappa shape index (κ3) is 4.16. The molecule has 3 aromatic rings. The molecule has 0 aliphatic carbocycles. The fourth-order valence-corrected chi connectivity index (χ4v) is 3.50. The standard InChI is InChI=1S/C18H18ClN3S/c1-13-17(23-12-22-13)8-10-21-18(16-7-2-3-9-20-16)14-5-4-6-15(19)11-14/h2-7,9,11-12,18,21H,8,10H2,1H3. The number of hydrogen-bond acceptors (Lipinski definition) is 4. The Hall–Kier alpha value is -1.75. The lowest BCUT2D eigenvalue weighted by molar-refractivity contribution is 0.594. The summed E-state index contributed by atoms with van der Waals surface area (Å²) in [7, 11) is 0. The smallest absolute Gasteiger partial charge is 0.0797 e. The Morgan fingerprint density at radius 2 is 2.09 bits per heavy atom. The number of halogens is 1. The molecule has 0 aliphatic heterocycles. The number of aryl methyl sites for hydroxylation is 1. The molecule has 0 spiro atoms. The number of pyridine rings is 1. The molecule has 3 rings (SSSR count). The third-order valence-electron chi connectivity index (χ3n) is 3.71. The molecule has 0 aliphatic rings. The first-order valence-corrected chi connectivity index (χ1v) is 8.78. The molecule has 118 valence electrons. The van der Waals surface area contributed by atoms with Crippen molar-refractivity contribution in [3.8, 4) is 0 Å². The van der Waals surface area contributed by atoms with Gasteiger partial charge in [-0.15, -0.1) is 11.3 Å². The summed E-state index contributed by atoms with van der Waals surface area (Å²) in [5, 5.41) is 4.34. The number of benzene rings is 1. The summed E-state index contributed by atoms with van der Waals surface area (Å²) in [4.78, 5) is 10.1. The lowest BCUT2D eigenvalue weighted by Crippen LogP contribution is -2.25. The number of rotatable bonds is 6. The summed E-state index contributed by atoms with van der Waals surface area (Å²) in [5.41, 5.74) is 5.14. The highest BCUT2D eigenvalue weighted by Crippen LogP contribution is 2.23. The molecule has 0 saturated carbocycles. The van der Waals surface area contributed by atoms with Gasteiger partial charge in [0, 0.05) is 22.6 Å². The molecule has 1 aromatic carbocycles. The van der Waals surface area contributed by atoms with E-state index in [-0.39, 0.29) is 6.04 Å². The van der Waals surface area contributed by atoms with Gasteiger partial charge in [-0.1, -0.05) is 29.8 Å². The second-order valence-electron chi connectivity index (χ2n) is 5.31. The van der Waals surface area contributed by atoms with Crippen molar-refractivity contribution in [1.29, 1.82) is 0 Å². The van der Waals surface area contributed by atoms with Crippen LogP contribution in [0.25, 0.3) is 0 Å². The topological polar surface area (TPSA) is 37.8 Å². The number of nitrogens with one attached hydrogen (secondary N) is 1. The zero-order chi connectivity index (χ0) is 16.1. The third-order valence-corrected chi connectivity index (χ3v) is 4.94. The molecule has 0 saturated heterocycles. The first-order chi connectivity index (χ1) is 11.2. The van der Waals surface area contributed by atoms with E-state index in [9.17, 15) is 0 Å². The van der Waals surface area contributed by atoms with Gasteiger partial charge in [-0.25, -0.2) is 4.98 Å². The number of hydrogen-bond donors (Lipinski definition) is 1. The Kier molecular flexibility index (Phi) is 5.39. The van der Waals surface area contributed by atoms with Gasteiger partial charge in [0.25, 0.3) is 0 Å². The predicted molar refractivity (Wildman–Crippen MR) is 96.1 cm³/mol. The molecule has 0 amide bonds. The van der Waals surface area contributed by atoms with Gasteiger partial charge >= 0.3 is 0 Å². The summed E-state index contributed by atoms with van der Waals surface area (Å²) in [5.74, 6) is 0. The fraction of sp³-hybridized carbons (Fsp3) is 0.222. The maximum Gasteiger partial charge on any atom is 0.0797 e. The van der Waals surface area contributed by atoms with Gasteiger partial charge in [-0.05, 0) is 43.2 Å². The molecule has 1 unspecified atom stereocenters. The maximum atomic E-state index is 6.16. The summed E-state index contributed by atoms with van der Waals surface area (Å²) in [6.07, 6.45) is 2.78. The van der Waals surface area contributed by atoms with E-state index in [2.05, 4.69) is 28.3 Å². The van der Waals surface area contributed by atoms with Crippen LogP contribution in [0.15, 0.2) is 54.2 Å². The van der Waals surface area contributed by atoms with E-state index >= 15 is 0 Å². The van der Waals surface area contributed by atoms with Crippen LogP contribution in [0.2, 0.25) is 5.02 Å². The minimum Gasteiger partial charge on any atom is -0.305 e. The maximum absolute atomic E-state index is 6.16. The predicted octanol–water partition coefficient (Wildman–Crippen LogP) is 4.42. The molecule has 0 radical (unpaired) electrons. The van der Waals surface area contributed by atoms with Crippen LogP contribution >= 0.6 is 22.9 Å². The highest BCUT2D eigenvalue weighted by Gasteiger charge is 2.15. The van der Waals surface area contributed by atoms with Crippen LogP contribution in [0.5, 0.6) is 0 Å². The Morgan fingerprint density at radius 1 is 1.17 bits per heavy atom. The van der Waals surface area contributed by atoms with E-state index in [1.165, 1.54) is 4.88 Å². The van der Waals surface area contributed by atoms with Crippen LogP contribution in [-0.2, 0) is 6.42 Å². The van der Waals surface area contributed by atoms with Crippen LogP contribution in [0.3, 0.4) is 0 Å². The van der Waals surface area contributed by atoms with E-state index in [0.717, 1.165) is 34.9 Å². The molecule has 5 heteroatoms. The Balaban J connectivity index is 1.77. The van der Waals surface area contributed by atoms with Crippen LogP contribution < -0.4 is 5.32 Å². The molecular formula is C18H18ClN3S. The summed E-state index contributed by atoms with van der Waals surface area (Å²) >= 11 is 7.87. The number of thiazole rings is 1. The van der Waals surface area contributed by atoms with Gasteiger partial charge < -0.3 is 5.32 Å². The van der Waals surface area contributed by atoms with Crippen LogP contribution in [0, 0.1) is 6.92 Å². The lowest BCUT2D eigenvalue weighted by Gasteiger charge is -2.19. The normalized spacial score (nSPS) is 12.3. The van der Waals surface area contributed by atoms with E-state index in [1.54, 1.807) is 11.3 Å². The molecule has 2 heterocycles. The average molecular weight is 344 g/mol. The van der Waals surface area contributed by atoms with Crippen molar-refractivity contribution in [3.63, 3.8) is 0 Å². The van der Waals surface area contributed by atoms with Gasteiger partial charge in [0.15, 0.2) is 0 Å². The monoisotopic (exact) mass is 343 g/mol. The van der Waals surface area contributed by atoms with Crippen molar-refractivity contribution in [3.05, 3.63) is 81.0 Å². The van der Waals surface area contributed by atoms with E-state index in [4.69, 9.17) is 11.6 Å². The van der Waals surface area contributed by atoms with Gasteiger partial charge in [0.2, 0.25) is 0 Å². The van der Waals surface area contributed by atoms with Crippen molar-refractivity contribution in [2.75, 3.05) is 6.54 Å². The molecule has 23 heavy (non-hydrogen) atoms. The van der Waals surface area contributed by atoms with Crippen LogP contribution in [0.1, 0.15) is 27.9 Å². The van der Waals surface area contributed by atoms with Crippen molar-refractivity contribution < 1.29 is 0 Å². The second kappa shape index (κ2) is 7.68. The summed E-state index contributed by atoms with van der Waals surface area (Å²) in [6.45, 7) is 2.91. The van der Waals surface area contributed by atoms with E-state index in [1.807, 2.05) is 48.1 Å². The molecule has 1 atom stereocenters. The van der Waals surface area contributed by atoms with E-state index in [0.29, 0.717) is 0 Å². The highest BCUT2D eigenvalue weighted by molar-refractivity contribution is 7.09. The first-order valence-electron chi connectivity index (χ1n) is 7.53. The van der Waals surface area contributed by atoms with Crippen molar-refractivity contribution in [2.24, 2.45) is 0 Å².